The molecule has 0 heterocycles. The van der Waals surface area contributed by atoms with Gasteiger partial charge < -0.3 is 4.74 Å². The molecule has 0 aromatic heterocycles. The van der Waals surface area contributed by atoms with Crippen molar-refractivity contribution >= 4 is 5.97 Å². The Morgan fingerprint density at radius 1 is 1.40 bits per heavy atom. The van der Waals surface area contributed by atoms with Crippen LogP contribution in [0, 0.1) is 11.6 Å². The minimum absolute atomic E-state index is 0.672. The van der Waals surface area contributed by atoms with Crippen LogP contribution in [0.3, 0.4) is 0 Å². The monoisotopic (exact) mass is 218 g/mol. The quantitative estimate of drug-likeness (QED) is 0.712. The van der Waals surface area contributed by atoms with Gasteiger partial charge in [-0.2, -0.15) is 0 Å². The van der Waals surface area contributed by atoms with Crippen LogP contribution in [0.2, 0.25) is 0 Å². The molecule has 2 nitrogen and oxygen atoms in total. The number of carbonyl (C=O) groups is 1. The second-order valence-corrected chi connectivity index (χ2v) is 3.10. The van der Waals surface area contributed by atoms with E-state index in [9.17, 15) is 18.0 Å². The van der Waals surface area contributed by atoms with Crippen molar-refractivity contribution in [2.45, 2.75) is 12.6 Å². The highest BCUT2D eigenvalue weighted by Crippen LogP contribution is 2.29. The molecule has 1 unspecified atom stereocenters. The van der Waals surface area contributed by atoms with Crippen LogP contribution >= 0.6 is 0 Å². The lowest BCUT2D eigenvalue weighted by molar-refractivity contribution is -0.154. The molecule has 0 saturated heterocycles. The Bertz CT molecular complexity index is 388. The minimum atomic E-state index is -2.69. The number of ether oxygens (including phenoxy) is 1. The van der Waals surface area contributed by atoms with Crippen LogP contribution < -0.4 is 0 Å². The summed E-state index contributed by atoms with van der Waals surface area (Å²) in [5, 5.41) is 0. The summed E-state index contributed by atoms with van der Waals surface area (Å²) in [7, 11) is 0.970. The third kappa shape index (κ3) is 1.95. The highest BCUT2D eigenvalue weighted by Gasteiger charge is 2.39. The van der Waals surface area contributed by atoms with Crippen molar-refractivity contribution in [3.63, 3.8) is 0 Å². The second kappa shape index (κ2) is 3.92. The van der Waals surface area contributed by atoms with Crippen LogP contribution in [0.1, 0.15) is 12.5 Å². The Balaban J connectivity index is 3.27. The first-order valence-electron chi connectivity index (χ1n) is 4.13. The van der Waals surface area contributed by atoms with E-state index in [0.717, 1.165) is 32.2 Å². The van der Waals surface area contributed by atoms with E-state index in [1.165, 1.54) is 0 Å². The highest BCUT2D eigenvalue weighted by molar-refractivity contribution is 5.80. The van der Waals surface area contributed by atoms with E-state index in [0.29, 0.717) is 0 Å². The summed E-state index contributed by atoms with van der Waals surface area (Å²) in [4.78, 5) is 11.0. The molecule has 0 fully saturated rings. The molecule has 0 radical (unpaired) electrons. The summed E-state index contributed by atoms with van der Waals surface area (Å²) >= 11 is 0. The van der Waals surface area contributed by atoms with E-state index in [2.05, 4.69) is 4.74 Å². The van der Waals surface area contributed by atoms with E-state index >= 15 is 0 Å². The molecule has 0 aliphatic rings. The van der Waals surface area contributed by atoms with E-state index in [1.54, 1.807) is 0 Å². The lowest BCUT2D eigenvalue weighted by atomic mass is 9.97. The molecule has 0 bridgehead atoms. The molecular weight excluding hydrogens is 209 g/mol. The first-order valence-corrected chi connectivity index (χ1v) is 4.13. The molecule has 15 heavy (non-hydrogen) atoms. The van der Waals surface area contributed by atoms with Crippen molar-refractivity contribution in [2.75, 3.05) is 7.11 Å². The van der Waals surface area contributed by atoms with Gasteiger partial charge in [0, 0.05) is 5.56 Å². The van der Waals surface area contributed by atoms with Gasteiger partial charge in [0.15, 0.2) is 11.6 Å². The fourth-order valence-corrected chi connectivity index (χ4v) is 1.17. The van der Waals surface area contributed by atoms with Crippen molar-refractivity contribution in [3.05, 3.63) is 35.4 Å². The van der Waals surface area contributed by atoms with Crippen molar-refractivity contribution < 1.29 is 22.7 Å². The summed E-state index contributed by atoms with van der Waals surface area (Å²) in [5.74, 6) is -3.86. The number of methoxy groups -OCH3 is 1. The van der Waals surface area contributed by atoms with Gasteiger partial charge in [0.1, 0.15) is 0 Å². The van der Waals surface area contributed by atoms with Gasteiger partial charge in [-0.05, 0) is 13.0 Å². The largest absolute Gasteiger partial charge is 0.466 e. The SMILES string of the molecule is COC(=O)C(C)(F)c1cccc(F)c1F. The number of carbonyl (C=O) groups excluding carboxylic acids is 1. The molecule has 0 N–H and O–H groups in total. The van der Waals surface area contributed by atoms with Gasteiger partial charge in [-0.3, -0.25) is 0 Å². The Morgan fingerprint density at radius 2 is 2.00 bits per heavy atom. The zero-order chi connectivity index (χ0) is 11.6. The van der Waals surface area contributed by atoms with Crippen LogP contribution in [-0.4, -0.2) is 13.1 Å². The number of rotatable bonds is 2. The minimum Gasteiger partial charge on any atom is -0.466 e. The number of hydrogen-bond acceptors (Lipinski definition) is 2. The smallest absolute Gasteiger partial charge is 0.348 e. The van der Waals surface area contributed by atoms with Crippen molar-refractivity contribution in [1.82, 2.24) is 0 Å². The van der Waals surface area contributed by atoms with Crippen molar-refractivity contribution in [3.8, 4) is 0 Å². The van der Waals surface area contributed by atoms with Gasteiger partial charge in [-0.25, -0.2) is 18.0 Å². The van der Waals surface area contributed by atoms with E-state index in [4.69, 9.17) is 0 Å². The second-order valence-electron chi connectivity index (χ2n) is 3.10. The molecule has 0 aliphatic carbocycles. The van der Waals surface area contributed by atoms with E-state index in [-0.39, 0.29) is 0 Å². The number of esters is 1. The average molecular weight is 218 g/mol. The Labute approximate surface area is 84.7 Å². The molecule has 0 spiro atoms. The maximum atomic E-state index is 13.8. The maximum Gasteiger partial charge on any atom is 0.348 e. The first kappa shape index (κ1) is 11.6. The standard InChI is InChI=1S/C10H9F3O2/c1-10(13,9(14)15-2)6-4-3-5-7(11)8(6)12/h3-5H,1-2H3. The van der Waals surface area contributed by atoms with E-state index in [1.807, 2.05) is 0 Å². The van der Waals surface area contributed by atoms with Crippen molar-refractivity contribution in [2.24, 2.45) is 0 Å². The Morgan fingerprint density at radius 3 is 2.53 bits per heavy atom. The molecule has 0 amide bonds. The number of alkyl halides is 1. The summed E-state index contributed by atoms with van der Waals surface area (Å²) in [6.07, 6.45) is 0. The fraction of sp³-hybridized carbons (Fsp3) is 0.300. The van der Waals surface area contributed by atoms with Crippen molar-refractivity contribution in [1.29, 1.82) is 0 Å². The van der Waals surface area contributed by atoms with Crippen LogP contribution in [0.15, 0.2) is 18.2 Å². The van der Waals surface area contributed by atoms with Gasteiger partial charge in [-0.15, -0.1) is 0 Å². The van der Waals surface area contributed by atoms with Gasteiger partial charge in [0.05, 0.1) is 7.11 Å². The molecule has 5 heteroatoms. The van der Waals surface area contributed by atoms with E-state index < -0.39 is 28.8 Å². The maximum absolute atomic E-state index is 13.8. The molecule has 1 atom stereocenters. The normalized spacial score (nSPS) is 14.5. The van der Waals surface area contributed by atoms with Crippen LogP contribution in [0.25, 0.3) is 0 Å². The zero-order valence-electron chi connectivity index (χ0n) is 8.18. The third-order valence-electron chi connectivity index (χ3n) is 2.03. The average Bonchev–Trinajstić information content (AvgIpc) is 2.20. The summed E-state index contributed by atoms with van der Waals surface area (Å²) in [5.41, 5.74) is -3.37. The molecule has 0 saturated carbocycles. The molecule has 1 aromatic rings. The van der Waals surface area contributed by atoms with Crippen LogP contribution in [-0.2, 0) is 15.2 Å². The molecule has 1 rings (SSSR count). The number of benzene rings is 1. The van der Waals surface area contributed by atoms with Gasteiger partial charge in [-0.1, -0.05) is 12.1 Å². The first-order chi connectivity index (χ1) is 6.91. The predicted octanol–water partition coefficient (Wildman–Crippen LogP) is 2.32. The fourth-order valence-electron chi connectivity index (χ4n) is 1.17. The van der Waals surface area contributed by atoms with Gasteiger partial charge in [0.25, 0.3) is 0 Å². The van der Waals surface area contributed by atoms with Gasteiger partial charge >= 0.3 is 5.97 Å². The topological polar surface area (TPSA) is 26.3 Å². The number of hydrogen-bond donors (Lipinski definition) is 0. The summed E-state index contributed by atoms with van der Waals surface area (Å²) in [6.45, 7) is 0.816. The molecular formula is C10H9F3O2. The Kier molecular flexibility index (Phi) is 3.02. The third-order valence-corrected chi connectivity index (χ3v) is 2.03. The number of halogens is 3. The summed E-state index contributed by atoms with van der Waals surface area (Å²) in [6, 6.07) is 2.95. The van der Waals surface area contributed by atoms with Gasteiger partial charge in [0.2, 0.25) is 5.67 Å². The molecule has 1 aromatic carbocycles. The predicted molar refractivity (Wildman–Crippen MR) is 46.8 cm³/mol. The molecule has 0 aliphatic heterocycles. The van der Waals surface area contributed by atoms with Crippen LogP contribution in [0.5, 0.6) is 0 Å². The molecule has 82 valence electrons. The lowest BCUT2D eigenvalue weighted by Gasteiger charge is -2.18. The Hall–Kier alpha value is -1.52. The highest BCUT2D eigenvalue weighted by atomic mass is 19.2. The lowest BCUT2D eigenvalue weighted by Crippen LogP contribution is -2.30. The zero-order valence-corrected chi connectivity index (χ0v) is 8.18. The summed E-state index contributed by atoms with van der Waals surface area (Å²) < 4.78 is 43.9. The van der Waals surface area contributed by atoms with Crippen LogP contribution in [0.4, 0.5) is 13.2 Å².